The number of thiocarbonyl (C=S) groups is 1. The van der Waals surface area contributed by atoms with E-state index in [0.29, 0.717) is 10.7 Å². The van der Waals surface area contributed by atoms with Gasteiger partial charge in [-0.1, -0.05) is 29.3 Å². The second kappa shape index (κ2) is 10.9. The van der Waals surface area contributed by atoms with Crippen molar-refractivity contribution in [2.75, 3.05) is 5.32 Å². The number of hydrogen-bond acceptors (Lipinski definition) is 4. The number of anilines is 1. The third-order valence-electron chi connectivity index (χ3n) is 4.09. The maximum absolute atomic E-state index is 12.1. The summed E-state index contributed by atoms with van der Waals surface area (Å²) in [6.45, 7) is 3.93. The molecule has 2 aromatic carbocycles. The van der Waals surface area contributed by atoms with E-state index in [1.54, 1.807) is 6.07 Å². The van der Waals surface area contributed by atoms with E-state index in [-0.39, 0.29) is 34.4 Å². The van der Waals surface area contributed by atoms with Crippen molar-refractivity contribution >= 4 is 63.9 Å². The average Bonchev–Trinajstić information content (AvgIpc) is 2.67. The predicted octanol–water partition coefficient (Wildman–Crippen LogP) is 3.66. The van der Waals surface area contributed by atoms with Crippen molar-refractivity contribution < 1.29 is 14.4 Å². The maximum Gasteiger partial charge on any atom is 0.258 e. The number of hydrogen-bond donors (Lipinski definition) is 4. The van der Waals surface area contributed by atoms with Gasteiger partial charge in [0.05, 0.1) is 10.6 Å². The number of halogens is 2. The summed E-state index contributed by atoms with van der Waals surface area (Å²) in [6, 6.07) is 9.98. The highest BCUT2D eigenvalue weighted by Gasteiger charge is 2.13. The van der Waals surface area contributed by atoms with Gasteiger partial charge in [0.2, 0.25) is 11.8 Å². The lowest BCUT2D eigenvalue weighted by Gasteiger charge is -2.11. The molecule has 0 spiro atoms. The van der Waals surface area contributed by atoms with Gasteiger partial charge in [0.25, 0.3) is 5.91 Å². The summed E-state index contributed by atoms with van der Waals surface area (Å²) in [4.78, 5) is 36.0. The van der Waals surface area contributed by atoms with Gasteiger partial charge in [-0.15, -0.1) is 0 Å². The molecule has 0 aliphatic rings. The Morgan fingerprint density at radius 3 is 2.27 bits per heavy atom. The predicted molar refractivity (Wildman–Crippen MR) is 122 cm³/mol. The first-order chi connectivity index (χ1) is 14.2. The fraction of sp³-hybridized carbons (Fsp3) is 0.200. The van der Waals surface area contributed by atoms with Crippen molar-refractivity contribution in [3.05, 3.63) is 63.1 Å². The van der Waals surface area contributed by atoms with Crippen LogP contribution >= 0.6 is 35.4 Å². The van der Waals surface area contributed by atoms with Crippen LogP contribution in [0.15, 0.2) is 36.4 Å². The molecule has 3 amide bonds. The van der Waals surface area contributed by atoms with Crippen LogP contribution in [0, 0.1) is 13.8 Å². The molecule has 0 fully saturated rings. The zero-order chi connectivity index (χ0) is 22.3. The van der Waals surface area contributed by atoms with Crippen LogP contribution in [-0.2, 0) is 9.59 Å². The van der Waals surface area contributed by atoms with Crippen LogP contribution in [0.25, 0.3) is 0 Å². The zero-order valence-electron chi connectivity index (χ0n) is 16.3. The molecule has 0 radical (unpaired) electrons. The lowest BCUT2D eigenvalue weighted by molar-refractivity contribution is -0.124. The van der Waals surface area contributed by atoms with E-state index in [1.165, 1.54) is 18.2 Å². The highest BCUT2D eigenvalue weighted by molar-refractivity contribution is 7.80. The molecular formula is C20H20Cl2N4O3S. The van der Waals surface area contributed by atoms with Gasteiger partial charge in [-0.05, 0) is 67.5 Å². The number of carbonyl (C=O) groups excluding carboxylic acids is 3. The van der Waals surface area contributed by atoms with E-state index < -0.39 is 11.8 Å². The van der Waals surface area contributed by atoms with Crippen molar-refractivity contribution in [2.24, 2.45) is 0 Å². The Hall–Kier alpha value is -2.68. The lowest BCUT2D eigenvalue weighted by Crippen LogP contribution is -2.48. The maximum atomic E-state index is 12.1. The molecule has 0 saturated carbocycles. The van der Waals surface area contributed by atoms with E-state index >= 15 is 0 Å². The van der Waals surface area contributed by atoms with Crippen LogP contribution < -0.4 is 21.5 Å². The number of aryl methyl sites for hydroxylation is 2. The third-order valence-corrected chi connectivity index (χ3v) is 4.84. The van der Waals surface area contributed by atoms with Crippen molar-refractivity contribution in [3.8, 4) is 0 Å². The first kappa shape index (κ1) is 23.6. The molecule has 0 aromatic heterocycles. The second-order valence-corrected chi connectivity index (χ2v) is 7.68. The van der Waals surface area contributed by atoms with Crippen molar-refractivity contribution in [3.63, 3.8) is 0 Å². The molecule has 7 nitrogen and oxygen atoms in total. The van der Waals surface area contributed by atoms with Gasteiger partial charge in [-0.25, -0.2) is 0 Å². The SMILES string of the molecule is Cc1ccc(NC(=O)CCC(=O)NNC(=S)NC(=O)c2ccc(Cl)cc2Cl)cc1C. The van der Waals surface area contributed by atoms with Gasteiger partial charge in [0.1, 0.15) is 0 Å². The largest absolute Gasteiger partial charge is 0.326 e. The summed E-state index contributed by atoms with van der Waals surface area (Å²) in [5.74, 6) is -1.32. The lowest BCUT2D eigenvalue weighted by atomic mass is 10.1. The summed E-state index contributed by atoms with van der Waals surface area (Å²) in [5, 5.41) is 5.56. The Bertz CT molecular complexity index is 998. The Morgan fingerprint density at radius 1 is 0.900 bits per heavy atom. The van der Waals surface area contributed by atoms with Gasteiger partial charge in [0.15, 0.2) is 5.11 Å². The summed E-state index contributed by atoms with van der Waals surface area (Å²) in [5.41, 5.74) is 7.76. The number of hydrazine groups is 1. The molecule has 30 heavy (non-hydrogen) atoms. The molecule has 10 heteroatoms. The quantitative estimate of drug-likeness (QED) is 0.397. The highest BCUT2D eigenvalue weighted by Crippen LogP contribution is 2.20. The summed E-state index contributed by atoms with van der Waals surface area (Å²) in [6.07, 6.45) is -0.0802. The van der Waals surface area contributed by atoms with Gasteiger partial charge in [0, 0.05) is 23.6 Å². The molecule has 158 valence electrons. The molecule has 0 aliphatic carbocycles. The van der Waals surface area contributed by atoms with E-state index in [4.69, 9.17) is 35.4 Å². The van der Waals surface area contributed by atoms with Crippen LogP contribution in [0.1, 0.15) is 34.3 Å². The minimum Gasteiger partial charge on any atom is -0.326 e. The zero-order valence-corrected chi connectivity index (χ0v) is 18.6. The van der Waals surface area contributed by atoms with Gasteiger partial charge >= 0.3 is 0 Å². The van der Waals surface area contributed by atoms with Gasteiger partial charge in [-0.3, -0.25) is 30.6 Å². The number of rotatable bonds is 5. The Labute approximate surface area is 189 Å². The van der Waals surface area contributed by atoms with E-state index in [9.17, 15) is 14.4 Å². The van der Waals surface area contributed by atoms with Crippen LogP contribution in [0.5, 0.6) is 0 Å². The van der Waals surface area contributed by atoms with Crippen LogP contribution in [0.3, 0.4) is 0 Å². The second-order valence-electron chi connectivity index (χ2n) is 6.43. The monoisotopic (exact) mass is 466 g/mol. The minimum absolute atomic E-state index is 0.0139. The summed E-state index contributed by atoms with van der Waals surface area (Å²) < 4.78 is 0. The molecule has 2 aromatic rings. The van der Waals surface area contributed by atoms with E-state index in [2.05, 4.69) is 21.5 Å². The van der Waals surface area contributed by atoms with Crippen LogP contribution in [0.2, 0.25) is 10.0 Å². The Kier molecular flexibility index (Phi) is 8.58. The van der Waals surface area contributed by atoms with E-state index in [0.717, 1.165) is 11.1 Å². The van der Waals surface area contributed by atoms with Gasteiger partial charge < -0.3 is 5.32 Å². The average molecular weight is 467 g/mol. The summed E-state index contributed by atoms with van der Waals surface area (Å²) in [7, 11) is 0. The van der Waals surface area contributed by atoms with E-state index in [1.807, 2.05) is 26.0 Å². The normalized spacial score (nSPS) is 10.1. The highest BCUT2D eigenvalue weighted by atomic mass is 35.5. The molecular weight excluding hydrogens is 447 g/mol. The minimum atomic E-state index is -0.559. The fourth-order valence-corrected chi connectivity index (χ4v) is 2.97. The molecule has 0 heterocycles. The first-order valence-corrected chi connectivity index (χ1v) is 10.0. The molecule has 4 N–H and O–H groups in total. The van der Waals surface area contributed by atoms with Crippen LogP contribution in [-0.4, -0.2) is 22.8 Å². The molecule has 2 rings (SSSR count). The molecule has 0 bridgehead atoms. The van der Waals surface area contributed by atoms with Crippen LogP contribution in [0.4, 0.5) is 5.69 Å². The number of carbonyl (C=O) groups is 3. The van der Waals surface area contributed by atoms with Crippen molar-refractivity contribution in [1.82, 2.24) is 16.2 Å². The Balaban J connectivity index is 1.73. The smallest absolute Gasteiger partial charge is 0.258 e. The Morgan fingerprint density at radius 2 is 1.60 bits per heavy atom. The number of nitrogens with one attached hydrogen (secondary N) is 4. The summed E-state index contributed by atoms with van der Waals surface area (Å²) >= 11 is 16.7. The van der Waals surface area contributed by atoms with Gasteiger partial charge in [-0.2, -0.15) is 0 Å². The third kappa shape index (κ3) is 7.29. The number of benzene rings is 2. The standard InChI is InChI=1S/C20H20Cl2N4O3S/c1-11-3-5-14(9-12(11)2)23-17(27)7-8-18(28)25-26-20(30)24-19(29)15-6-4-13(21)10-16(15)22/h3-6,9-10H,7-8H2,1-2H3,(H,23,27)(H,25,28)(H2,24,26,29,30). The fourth-order valence-electron chi connectivity index (χ4n) is 2.33. The first-order valence-electron chi connectivity index (χ1n) is 8.88. The van der Waals surface area contributed by atoms with Crippen molar-refractivity contribution in [1.29, 1.82) is 0 Å². The molecule has 0 unspecified atom stereocenters. The number of amides is 3. The molecule has 0 aliphatic heterocycles. The molecule has 0 atom stereocenters. The topological polar surface area (TPSA) is 99.3 Å². The van der Waals surface area contributed by atoms with Crippen molar-refractivity contribution in [2.45, 2.75) is 26.7 Å². The molecule has 0 saturated heterocycles.